The summed E-state index contributed by atoms with van der Waals surface area (Å²) in [5, 5.41) is 8.17. The summed E-state index contributed by atoms with van der Waals surface area (Å²) in [5.74, 6) is -1.37. The molecule has 1 aliphatic heterocycles. The van der Waals surface area contributed by atoms with E-state index in [0.29, 0.717) is 5.56 Å². The van der Waals surface area contributed by atoms with Gasteiger partial charge < -0.3 is 20.7 Å². The SMILES string of the molecule is CN[C@H](C)C(=O)N[C@@H](Cc1ccc(C(F)(F)F)cc1)C(=O)NC(Cc1ccccc1)C(=O)[C@@]1(C)CO1. The van der Waals surface area contributed by atoms with E-state index >= 15 is 0 Å². The Balaban J connectivity index is 1.82. The molecule has 0 radical (unpaired) electrons. The summed E-state index contributed by atoms with van der Waals surface area (Å²) in [7, 11) is 1.58. The number of Topliss-reactive ketones (excluding diaryl/α,β-unsaturated/α-hetero) is 1. The summed E-state index contributed by atoms with van der Waals surface area (Å²) in [6.07, 6.45) is -4.33. The second-order valence-electron chi connectivity index (χ2n) is 9.11. The van der Waals surface area contributed by atoms with Crippen LogP contribution in [0.15, 0.2) is 54.6 Å². The van der Waals surface area contributed by atoms with Crippen molar-refractivity contribution in [3.05, 3.63) is 71.3 Å². The molecule has 0 spiro atoms. The maximum Gasteiger partial charge on any atom is 0.416 e. The van der Waals surface area contributed by atoms with Crippen molar-refractivity contribution < 1.29 is 32.3 Å². The Hall–Kier alpha value is -3.24. The Kier molecular flexibility index (Phi) is 8.52. The second-order valence-corrected chi connectivity index (χ2v) is 9.11. The summed E-state index contributed by atoms with van der Waals surface area (Å²) >= 11 is 0. The molecule has 1 aliphatic rings. The number of benzene rings is 2. The zero-order valence-corrected chi connectivity index (χ0v) is 20.3. The number of alkyl halides is 3. The number of carbonyl (C=O) groups excluding carboxylic acids is 3. The van der Waals surface area contributed by atoms with E-state index in [1.807, 2.05) is 30.3 Å². The van der Waals surface area contributed by atoms with Crippen LogP contribution in [0.3, 0.4) is 0 Å². The molecule has 2 aromatic rings. The normalized spacial score (nSPS) is 19.6. The highest BCUT2D eigenvalue weighted by Gasteiger charge is 2.50. The highest BCUT2D eigenvalue weighted by atomic mass is 19.4. The molecule has 3 rings (SSSR count). The van der Waals surface area contributed by atoms with Crippen LogP contribution in [0.2, 0.25) is 0 Å². The van der Waals surface area contributed by atoms with Gasteiger partial charge in [0.25, 0.3) is 0 Å². The molecular formula is C26H30F3N3O4. The number of likely N-dealkylation sites (N-methyl/N-ethyl adjacent to an activating group) is 1. The van der Waals surface area contributed by atoms with E-state index in [0.717, 1.165) is 17.7 Å². The third kappa shape index (κ3) is 7.14. The van der Waals surface area contributed by atoms with Crippen LogP contribution < -0.4 is 16.0 Å². The van der Waals surface area contributed by atoms with Crippen LogP contribution in [0.5, 0.6) is 0 Å². The zero-order valence-electron chi connectivity index (χ0n) is 20.3. The predicted molar refractivity (Wildman–Crippen MR) is 127 cm³/mol. The number of amides is 2. The van der Waals surface area contributed by atoms with Gasteiger partial charge in [-0.25, -0.2) is 0 Å². The molecule has 0 aromatic heterocycles. The molecule has 7 nitrogen and oxygen atoms in total. The smallest absolute Gasteiger partial charge is 0.361 e. The fourth-order valence-electron chi connectivity index (χ4n) is 3.65. The lowest BCUT2D eigenvalue weighted by Gasteiger charge is -2.25. The first-order valence-corrected chi connectivity index (χ1v) is 11.6. The minimum absolute atomic E-state index is 0.0633. The molecule has 4 atom stereocenters. The van der Waals surface area contributed by atoms with E-state index in [-0.39, 0.29) is 25.2 Å². The van der Waals surface area contributed by atoms with Crippen molar-refractivity contribution >= 4 is 17.6 Å². The van der Waals surface area contributed by atoms with E-state index in [2.05, 4.69) is 16.0 Å². The zero-order chi connectivity index (χ0) is 26.5. The third-order valence-electron chi connectivity index (χ3n) is 6.19. The molecule has 2 amide bonds. The van der Waals surface area contributed by atoms with Crippen molar-refractivity contribution in [3.63, 3.8) is 0 Å². The molecule has 1 fully saturated rings. The molecule has 10 heteroatoms. The molecule has 0 saturated carbocycles. The van der Waals surface area contributed by atoms with E-state index in [1.165, 1.54) is 12.1 Å². The van der Waals surface area contributed by atoms with Gasteiger partial charge in [0.15, 0.2) is 5.78 Å². The van der Waals surface area contributed by atoms with Crippen LogP contribution in [-0.2, 0) is 38.1 Å². The van der Waals surface area contributed by atoms with E-state index in [4.69, 9.17) is 4.74 Å². The summed E-state index contributed by atoms with van der Waals surface area (Å²) in [4.78, 5) is 39.0. The van der Waals surface area contributed by atoms with Crippen molar-refractivity contribution in [2.45, 2.75) is 56.6 Å². The highest BCUT2D eigenvalue weighted by Crippen LogP contribution is 2.30. The minimum Gasteiger partial charge on any atom is -0.361 e. The number of carbonyl (C=O) groups is 3. The molecule has 36 heavy (non-hydrogen) atoms. The first kappa shape index (κ1) is 27.3. The van der Waals surface area contributed by atoms with Crippen LogP contribution in [0, 0.1) is 0 Å². The monoisotopic (exact) mass is 505 g/mol. The number of halogens is 3. The van der Waals surface area contributed by atoms with Crippen LogP contribution >= 0.6 is 0 Å². The standard InChI is InChI=1S/C26H30F3N3O4/c1-16(30-3)23(34)32-21(14-18-9-11-19(12-10-18)26(27,28)29)24(35)31-20(22(33)25(2)15-36-25)13-17-7-5-4-6-8-17/h4-12,16,20-21,30H,13-15H2,1-3H3,(H,31,35)(H,32,34)/t16-,20?,21+,25-/m1/s1. The number of hydrogen-bond donors (Lipinski definition) is 3. The van der Waals surface area contributed by atoms with Crippen LogP contribution in [0.25, 0.3) is 0 Å². The molecule has 1 unspecified atom stereocenters. The Labute approximate surface area is 207 Å². The third-order valence-corrected chi connectivity index (χ3v) is 6.19. The summed E-state index contributed by atoms with van der Waals surface area (Å²) in [6.45, 7) is 3.50. The molecule has 2 aromatic carbocycles. The van der Waals surface area contributed by atoms with Crippen LogP contribution in [0.4, 0.5) is 13.2 Å². The number of nitrogens with one attached hydrogen (secondary N) is 3. The highest BCUT2D eigenvalue weighted by molar-refractivity contribution is 5.98. The van der Waals surface area contributed by atoms with Gasteiger partial charge in [-0.2, -0.15) is 13.2 Å². The lowest BCUT2D eigenvalue weighted by Crippen LogP contribution is -2.56. The van der Waals surface area contributed by atoms with Gasteiger partial charge in [-0.05, 0) is 50.6 Å². The van der Waals surface area contributed by atoms with Crippen molar-refractivity contribution in [2.75, 3.05) is 13.7 Å². The van der Waals surface area contributed by atoms with Gasteiger partial charge in [-0.3, -0.25) is 14.4 Å². The van der Waals surface area contributed by atoms with Crippen LogP contribution in [0.1, 0.15) is 30.5 Å². The van der Waals surface area contributed by atoms with Gasteiger partial charge in [0.05, 0.1) is 24.3 Å². The first-order chi connectivity index (χ1) is 16.9. The largest absolute Gasteiger partial charge is 0.416 e. The maximum absolute atomic E-state index is 13.4. The molecule has 0 bridgehead atoms. The molecular weight excluding hydrogens is 475 g/mol. The van der Waals surface area contributed by atoms with Gasteiger partial charge in [0.2, 0.25) is 11.8 Å². The summed E-state index contributed by atoms with van der Waals surface area (Å²) in [5.41, 5.74) is -0.553. The van der Waals surface area contributed by atoms with E-state index in [9.17, 15) is 27.6 Å². The minimum atomic E-state index is -4.49. The molecule has 0 aliphatic carbocycles. The van der Waals surface area contributed by atoms with Gasteiger partial charge in [0.1, 0.15) is 11.6 Å². The Morgan fingerprint density at radius 3 is 1.97 bits per heavy atom. The van der Waals surface area contributed by atoms with Gasteiger partial charge >= 0.3 is 6.18 Å². The Bertz CT molecular complexity index is 1070. The second kappa shape index (κ2) is 11.2. The van der Waals surface area contributed by atoms with Crippen LogP contribution in [-0.4, -0.2) is 55.0 Å². The molecule has 194 valence electrons. The summed E-state index contributed by atoms with van der Waals surface area (Å²) < 4.78 is 44.1. The number of ketones is 1. The first-order valence-electron chi connectivity index (χ1n) is 11.6. The number of rotatable bonds is 11. The predicted octanol–water partition coefficient (Wildman–Crippen LogP) is 2.43. The average Bonchev–Trinajstić information content (AvgIpc) is 3.60. The Morgan fingerprint density at radius 1 is 0.917 bits per heavy atom. The van der Waals surface area contributed by atoms with E-state index in [1.54, 1.807) is 20.9 Å². The summed E-state index contributed by atoms with van der Waals surface area (Å²) in [6, 6.07) is 10.9. The van der Waals surface area contributed by atoms with Crippen molar-refractivity contribution in [2.24, 2.45) is 0 Å². The average molecular weight is 506 g/mol. The number of epoxide rings is 1. The molecule has 1 saturated heterocycles. The number of ether oxygens (including phenoxy) is 1. The fourth-order valence-corrected chi connectivity index (χ4v) is 3.65. The lowest BCUT2D eigenvalue weighted by molar-refractivity contribution is -0.137. The van der Waals surface area contributed by atoms with E-state index < -0.39 is 47.3 Å². The quantitative estimate of drug-likeness (QED) is 0.408. The lowest BCUT2D eigenvalue weighted by atomic mass is 9.94. The van der Waals surface area contributed by atoms with Gasteiger partial charge in [0, 0.05) is 6.42 Å². The molecule has 1 heterocycles. The fraction of sp³-hybridized carbons (Fsp3) is 0.423. The van der Waals surface area contributed by atoms with Crippen molar-refractivity contribution in [3.8, 4) is 0 Å². The Morgan fingerprint density at radius 2 is 1.44 bits per heavy atom. The maximum atomic E-state index is 13.4. The number of hydrogen-bond acceptors (Lipinski definition) is 5. The topological polar surface area (TPSA) is 99.8 Å². The van der Waals surface area contributed by atoms with Gasteiger partial charge in [-0.15, -0.1) is 0 Å². The van der Waals surface area contributed by atoms with Crippen molar-refractivity contribution in [1.29, 1.82) is 0 Å². The van der Waals surface area contributed by atoms with Crippen molar-refractivity contribution in [1.82, 2.24) is 16.0 Å². The molecule has 3 N–H and O–H groups in total. The van der Waals surface area contributed by atoms with Gasteiger partial charge in [-0.1, -0.05) is 42.5 Å².